The number of nitrogens with two attached hydrogens (primary N) is 1. The number of amides is 1. The van der Waals surface area contributed by atoms with E-state index in [1.165, 1.54) is 0 Å². The number of halogens is 1. The number of nitrogens with zero attached hydrogens (tertiary/aromatic N) is 1. The Morgan fingerprint density at radius 1 is 1.33 bits per heavy atom. The SMILES string of the molecule is NCc1cccn1CC(=O)Nc1cccc(Br)c1. The van der Waals surface area contributed by atoms with Crippen molar-refractivity contribution in [3.05, 3.63) is 52.8 Å². The quantitative estimate of drug-likeness (QED) is 0.911. The van der Waals surface area contributed by atoms with Gasteiger partial charge in [0.15, 0.2) is 0 Å². The van der Waals surface area contributed by atoms with Crippen molar-refractivity contribution in [1.82, 2.24) is 4.57 Å². The van der Waals surface area contributed by atoms with E-state index in [1.54, 1.807) is 0 Å². The molecule has 1 aromatic carbocycles. The van der Waals surface area contributed by atoms with Crippen molar-refractivity contribution in [2.24, 2.45) is 5.73 Å². The lowest BCUT2D eigenvalue weighted by Gasteiger charge is -2.09. The maximum Gasteiger partial charge on any atom is 0.244 e. The van der Waals surface area contributed by atoms with Crippen molar-refractivity contribution < 1.29 is 4.79 Å². The molecule has 2 rings (SSSR count). The van der Waals surface area contributed by atoms with Crippen LogP contribution in [-0.4, -0.2) is 10.5 Å². The van der Waals surface area contributed by atoms with E-state index < -0.39 is 0 Å². The van der Waals surface area contributed by atoms with E-state index in [-0.39, 0.29) is 12.5 Å². The Morgan fingerprint density at radius 3 is 2.89 bits per heavy atom. The lowest BCUT2D eigenvalue weighted by atomic mass is 10.3. The molecule has 3 N–H and O–H groups in total. The molecule has 0 spiro atoms. The first-order valence-electron chi connectivity index (χ1n) is 5.58. The van der Waals surface area contributed by atoms with Crippen LogP contribution in [0.25, 0.3) is 0 Å². The first-order chi connectivity index (χ1) is 8.69. The highest BCUT2D eigenvalue weighted by molar-refractivity contribution is 9.10. The van der Waals surface area contributed by atoms with Gasteiger partial charge in [-0.15, -0.1) is 0 Å². The number of hydrogen-bond acceptors (Lipinski definition) is 2. The molecule has 1 heterocycles. The summed E-state index contributed by atoms with van der Waals surface area (Å²) in [5.74, 6) is -0.0704. The van der Waals surface area contributed by atoms with Gasteiger partial charge in [0.05, 0.1) is 0 Å². The number of rotatable bonds is 4. The lowest BCUT2D eigenvalue weighted by Crippen LogP contribution is -2.20. The van der Waals surface area contributed by atoms with Crippen molar-refractivity contribution in [3.8, 4) is 0 Å². The molecule has 1 aromatic heterocycles. The Balaban J connectivity index is 2.01. The molecule has 4 nitrogen and oxygen atoms in total. The number of benzene rings is 1. The Morgan fingerprint density at radius 2 is 2.17 bits per heavy atom. The van der Waals surface area contributed by atoms with Crippen LogP contribution in [0.1, 0.15) is 5.69 Å². The fraction of sp³-hybridized carbons (Fsp3) is 0.154. The third-order valence-electron chi connectivity index (χ3n) is 2.55. The summed E-state index contributed by atoms with van der Waals surface area (Å²) in [4.78, 5) is 11.9. The van der Waals surface area contributed by atoms with Crippen LogP contribution in [0.4, 0.5) is 5.69 Å². The molecule has 0 saturated heterocycles. The van der Waals surface area contributed by atoms with E-state index in [2.05, 4.69) is 21.2 Å². The normalized spacial score (nSPS) is 10.3. The molecular formula is C13H14BrN3O. The Kier molecular flexibility index (Phi) is 4.17. The van der Waals surface area contributed by atoms with Gasteiger partial charge in [-0.2, -0.15) is 0 Å². The van der Waals surface area contributed by atoms with Crippen LogP contribution >= 0.6 is 15.9 Å². The monoisotopic (exact) mass is 307 g/mol. The van der Waals surface area contributed by atoms with Crippen molar-refractivity contribution >= 4 is 27.5 Å². The molecule has 1 amide bonds. The summed E-state index contributed by atoms with van der Waals surface area (Å²) in [6, 6.07) is 11.3. The molecule has 18 heavy (non-hydrogen) atoms. The van der Waals surface area contributed by atoms with Gasteiger partial charge in [-0.3, -0.25) is 4.79 Å². The maximum atomic E-state index is 11.9. The number of anilines is 1. The first kappa shape index (κ1) is 12.9. The summed E-state index contributed by atoms with van der Waals surface area (Å²) in [6.45, 7) is 0.698. The minimum absolute atomic E-state index is 0.0704. The van der Waals surface area contributed by atoms with Crippen LogP contribution in [0.15, 0.2) is 47.1 Å². The second-order valence-electron chi connectivity index (χ2n) is 3.89. The molecule has 0 aliphatic heterocycles. The van der Waals surface area contributed by atoms with Crippen molar-refractivity contribution in [2.45, 2.75) is 13.1 Å². The third-order valence-corrected chi connectivity index (χ3v) is 3.05. The summed E-state index contributed by atoms with van der Waals surface area (Å²) in [5.41, 5.74) is 7.30. The van der Waals surface area contributed by atoms with Gasteiger partial charge < -0.3 is 15.6 Å². The van der Waals surface area contributed by atoms with Crippen molar-refractivity contribution in [3.63, 3.8) is 0 Å². The number of carbonyl (C=O) groups is 1. The van der Waals surface area contributed by atoms with E-state index >= 15 is 0 Å². The van der Waals surface area contributed by atoms with E-state index in [0.29, 0.717) is 6.54 Å². The smallest absolute Gasteiger partial charge is 0.244 e. The highest BCUT2D eigenvalue weighted by atomic mass is 79.9. The van der Waals surface area contributed by atoms with Gasteiger partial charge in [0.2, 0.25) is 5.91 Å². The van der Waals surface area contributed by atoms with Gasteiger partial charge >= 0.3 is 0 Å². The maximum absolute atomic E-state index is 11.9. The highest BCUT2D eigenvalue weighted by Crippen LogP contribution is 2.15. The topological polar surface area (TPSA) is 60.0 Å². The Labute approximate surface area is 114 Å². The summed E-state index contributed by atoms with van der Waals surface area (Å²) < 4.78 is 2.77. The molecule has 2 aromatic rings. The molecule has 0 saturated carbocycles. The molecular weight excluding hydrogens is 294 g/mol. The van der Waals surface area contributed by atoms with Crippen LogP contribution in [0.5, 0.6) is 0 Å². The van der Waals surface area contributed by atoms with E-state index in [9.17, 15) is 4.79 Å². The highest BCUT2D eigenvalue weighted by Gasteiger charge is 2.06. The summed E-state index contributed by atoms with van der Waals surface area (Å²) in [6.07, 6.45) is 1.85. The number of nitrogens with one attached hydrogen (secondary N) is 1. The molecule has 0 aliphatic carbocycles. The van der Waals surface area contributed by atoms with Crippen LogP contribution in [0, 0.1) is 0 Å². The summed E-state index contributed by atoms with van der Waals surface area (Å²) >= 11 is 3.36. The van der Waals surface area contributed by atoms with Crippen LogP contribution in [-0.2, 0) is 17.9 Å². The third kappa shape index (κ3) is 3.21. The van der Waals surface area contributed by atoms with Gasteiger partial charge in [0.1, 0.15) is 6.54 Å². The zero-order valence-corrected chi connectivity index (χ0v) is 11.4. The lowest BCUT2D eigenvalue weighted by molar-refractivity contribution is -0.116. The Hall–Kier alpha value is -1.59. The molecule has 0 aliphatic rings. The van der Waals surface area contributed by atoms with Crippen LogP contribution in [0.2, 0.25) is 0 Å². The van der Waals surface area contributed by atoms with Gasteiger partial charge in [0, 0.05) is 28.6 Å². The Bertz CT molecular complexity index is 551. The number of hydrogen-bond donors (Lipinski definition) is 2. The first-order valence-corrected chi connectivity index (χ1v) is 6.38. The molecule has 0 atom stereocenters. The fourth-order valence-corrected chi connectivity index (χ4v) is 2.11. The summed E-state index contributed by atoms with van der Waals surface area (Å²) in [7, 11) is 0. The van der Waals surface area contributed by atoms with Crippen LogP contribution < -0.4 is 11.1 Å². The molecule has 0 bridgehead atoms. The van der Waals surface area contributed by atoms with Gasteiger partial charge in [0.25, 0.3) is 0 Å². The average Bonchev–Trinajstić information content (AvgIpc) is 2.76. The van der Waals surface area contributed by atoms with Crippen LogP contribution in [0.3, 0.4) is 0 Å². The summed E-state index contributed by atoms with van der Waals surface area (Å²) in [5, 5.41) is 2.84. The van der Waals surface area contributed by atoms with E-state index in [1.807, 2.05) is 47.2 Å². The second kappa shape index (κ2) is 5.84. The largest absolute Gasteiger partial charge is 0.341 e. The van der Waals surface area contributed by atoms with Crippen molar-refractivity contribution in [2.75, 3.05) is 5.32 Å². The molecule has 94 valence electrons. The zero-order valence-electron chi connectivity index (χ0n) is 9.77. The van der Waals surface area contributed by atoms with Gasteiger partial charge in [-0.25, -0.2) is 0 Å². The molecule has 0 fully saturated rings. The predicted molar refractivity (Wildman–Crippen MR) is 75.1 cm³/mol. The van der Waals surface area contributed by atoms with Crippen molar-refractivity contribution in [1.29, 1.82) is 0 Å². The van der Waals surface area contributed by atoms with Gasteiger partial charge in [-0.05, 0) is 30.3 Å². The van der Waals surface area contributed by atoms with E-state index in [4.69, 9.17) is 5.73 Å². The zero-order chi connectivity index (χ0) is 13.0. The molecule has 0 unspecified atom stereocenters. The number of aromatic nitrogens is 1. The molecule has 5 heteroatoms. The minimum atomic E-state index is -0.0704. The average molecular weight is 308 g/mol. The number of carbonyl (C=O) groups excluding carboxylic acids is 1. The van der Waals surface area contributed by atoms with Gasteiger partial charge in [-0.1, -0.05) is 22.0 Å². The fourth-order valence-electron chi connectivity index (χ4n) is 1.71. The predicted octanol–water partition coefficient (Wildman–Crippen LogP) is 2.35. The molecule has 0 radical (unpaired) electrons. The van der Waals surface area contributed by atoms with E-state index in [0.717, 1.165) is 15.9 Å². The minimum Gasteiger partial charge on any atom is -0.341 e. The standard InChI is InChI=1S/C13H14BrN3O/c14-10-3-1-4-11(7-10)16-13(18)9-17-6-2-5-12(17)8-15/h1-7H,8-9,15H2,(H,16,18). The second-order valence-corrected chi connectivity index (χ2v) is 4.81.